The highest BCUT2D eigenvalue weighted by Crippen LogP contribution is 2.30. The Morgan fingerprint density at radius 3 is 3.00 bits per heavy atom. The third-order valence-electron chi connectivity index (χ3n) is 5.53. The monoisotopic (exact) mass is 361 g/mol. The van der Waals surface area contributed by atoms with Crippen molar-refractivity contribution in [3.8, 4) is 5.88 Å². The van der Waals surface area contributed by atoms with E-state index in [0.29, 0.717) is 12.5 Å². The van der Waals surface area contributed by atoms with Crippen molar-refractivity contribution in [3.63, 3.8) is 0 Å². The Morgan fingerprint density at radius 1 is 1.22 bits per heavy atom. The van der Waals surface area contributed by atoms with Gasteiger partial charge in [-0.15, -0.1) is 5.10 Å². The average Bonchev–Trinajstić information content (AvgIpc) is 3.41. The third-order valence-corrected chi connectivity index (χ3v) is 5.53. The van der Waals surface area contributed by atoms with E-state index in [4.69, 9.17) is 4.74 Å². The highest BCUT2D eigenvalue weighted by Gasteiger charge is 2.19. The SMILES string of the molecule is Cn1nc(OCC2CCCC2)c2ccc(NC3=NCc4cccnc43)cc21. The van der Waals surface area contributed by atoms with Gasteiger partial charge in [-0.3, -0.25) is 14.7 Å². The van der Waals surface area contributed by atoms with Gasteiger partial charge in [0.1, 0.15) is 5.69 Å². The molecule has 6 nitrogen and oxygen atoms in total. The summed E-state index contributed by atoms with van der Waals surface area (Å²) < 4.78 is 7.94. The van der Waals surface area contributed by atoms with Gasteiger partial charge in [-0.2, -0.15) is 0 Å². The number of anilines is 1. The summed E-state index contributed by atoms with van der Waals surface area (Å²) >= 11 is 0. The molecule has 3 aromatic rings. The Labute approximate surface area is 158 Å². The molecule has 6 heteroatoms. The van der Waals surface area contributed by atoms with E-state index in [9.17, 15) is 0 Å². The summed E-state index contributed by atoms with van der Waals surface area (Å²) in [6.45, 7) is 1.45. The van der Waals surface area contributed by atoms with Gasteiger partial charge in [0.25, 0.3) is 0 Å². The van der Waals surface area contributed by atoms with Crippen LogP contribution in [0.2, 0.25) is 0 Å². The van der Waals surface area contributed by atoms with Gasteiger partial charge < -0.3 is 10.1 Å². The first-order valence-corrected chi connectivity index (χ1v) is 9.63. The first kappa shape index (κ1) is 16.3. The second-order valence-electron chi connectivity index (χ2n) is 7.42. The van der Waals surface area contributed by atoms with Crippen LogP contribution in [0.4, 0.5) is 5.69 Å². The van der Waals surface area contributed by atoms with Crippen LogP contribution in [-0.2, 0) is 13.6 Å². The quantitative estimate of drug-likeness (QED) is 0.765. The van der Waals surface area contributed by atoms with Crippen LogP contribution in [0.5, 0.6) is 5.88 Å². The van der Waals surface area contributed by atoms with Crippen molar-refractivity contribution in [1.29, 1.82) is 0 Å². The number of benzene rings is 1. The molecule has 2 aliphatic rings. The van der Waals surface area contributed by atoms with E-state index >= 15 is 0 Å². The maximum Gasteiger partial charge on any atom is 0.240 e. The van der Waals surface area contributed by atoms with Gasteiger partial charge in [-0.1, -0.05) is 18.9 Å². The van der Waals surface area contributed by atoms with Gasteiger partial charge in [0, 0.05) is 24.5 Å². The van der Waals surface area contributed by atoms with Crippen LogP contribution in [-0.4, -0.2) is 27.2 Å². The summed E-state index contributed by atoms with van der Waals surface area (Å²) in [5, 5.41) is 9.04. The molecule has 0 spiro atoms. The molecule has 0 bridgehead atoms. The number of ether oxygens (including phenoxy) is 1. The summed E-state index contributed by atoms with van der Waals surface area (Å²) in [7, 11) is 1.96. The number of aryl methyl sites for hydroxylation is 1. The number of hydrogen-bond donors (Lipinski definition) is 1. The number of rotatable bonds is 4. The van der Waals surface area contributed by atoms with Gasteiger partial charge in [-0.05, 0) is 43.0 Å². The van der Waals surface area contributed by atoms with Gasteiger partial charge in [-0.25, -0.2) is 0 Å². The predicted molar refractivity (Wildman–Crippen MR) is 106 cm³/mol. The van der Waals surface area contributed by atoms with Crippen LogP contribution in [0.15, 0.2) is 41.5 Å². The smallest absolute Gasteiger partial charge is 0.240 e. The highest BCUT2D eigenvalue weighted by molar-refractivity contribution is 6.09. The number of amidine groups is 1. The summed E-state index contributed by atoms with van der Waals surface area (Å²) in [6, 6.07) is 10.2. The number of nitrogens with zero attached hydrogens (tertiary/aromatic N) is 4. The van der Waals surface area contributed by atoms with Gasteiger partial charge in [0.15, 0.2) is 5.84 Å². The fourth-order valence-corrected chi connectivity index (χ4v) is 4.04. The zero-order valence-corrected chi connectivity index (χ0v) is 15.5. The minimum Gasteiger partial charge on any atom is -0.476 e. The van der Waals surface area contributed by atoms with Crippen molar-refractivity contribution in [2.45, 2.75) is 32.2 Å². The van der Waals surface area contributed by atoms with E-state index in [-0.39, 0.29) is 0 Å². The number of aromatic nitrogens is 3. The molecular weight excluding hydrogens is 338 g/mol. The number of aliphatic imine (C=N–C) groups is 1. The predicted octanol–water partition coefficient (Wildman–Crippen LogP) is 3.91. The van der Waals surface area contributed by atoms with Gasteiger partial charge in [0.2, 0.25) is 5.88 Å². The van der Waals surface area contributed by atoms with E-state index in [0.717, 1.165) is 46.2 Å². The lowest BCUT2D eigenvalue weighted by atomic mass is 10.1. The third kappa shape index (κ3) is 3.05. The van der Waals surface area contributed by atoms with Crippen LogP contribution < -0.4 is 10.1 Å². The van der Waals surface area contributed by atoms with E-state index in [1.54, 1.807) is 6.20 Å². The molecule has 0 saturated heterocycles. The normalized spacial score (nSPS) is 16.6. The fraction of sp³-hybridized carbons (Fsp3) is 0.381. The minimum absolute atomic E-state index is 0.677. The first-order chi connectivity index (χ1) is 13.3. The average molecular weight is 361 g/mol. The molecule has 1 aromatic carbocycles. The molecule has 5 rings (SSSR count). The second kappa shape index (κ2) is 6.68. The molecule has 3 heterocycles. The molecule has 1 aliphatic heterocycles. The molecule has 1 aliphatic carbocycles. The minimum atomic E-state index is 0.677. The molecule has 1 saturated carbocycles. The summed E-state index contributed by atoms with van der Waals surface area (Å²) in [5.74, 6) is 2.23. The van der Waals surface area contributed by atoms with E-state index in [1.165, 1.54) is 25.7 Å². The molecule has 1 fully saturated rings. The summed E-state index contributed by atoms with van der Waals surface area (Å²) in [6.07, 6.45) is 7.01. The first-order valence-electron chi connectivity index (χ1n) is 9.63. The van der Waals surface area contributed by atoms with Crippen molar-refractivity contribution in [2.24, 2.45) is 18.0 Å². The van der Waals surface area contributed by atoms with Crippen molar-refractivity contribution in [2.75, 3.05) is 11.9 Å². The number of hydrogen-bond acceptors (Lipinski definition) is 5. The largest absolute Gasteiger partial charge is 0.476 e. The zero-order chi connectivity index (χ0) is 18.2. The standard InChI is InChI=1S/C21H23N5O/c1-26-18-11-16(24-20-19-15(12-23-20)7-4-10-22-19)8-9-17(18)21(25-26)27-13-14-5-2-3-6-14/h4,7-11,14H,2-3,5-6,12-13H2,1H3,(H,23,24). The number of nitrogens with one attached hydrogen (secondary N) is 1. The van der Waals surface area contributed by atoms with Crippen LogP contribution in [0.1, 0.15) is 36.9 Å². The molecule has 138 valence electrons. The molecule has 0 unspecified atom stereocenters. The maximum atomic E-state index is 6.06. The van der Waals surface area contributed by atoms with Crippen LogP contribution >= 0.6 is 0 Å². The lowest BCUT2D eigenvalue weighted by Gasteiger charge is -2.09. The molecule has 0 radical (unpaired) electrons. The highest BCUT2D eigenvalue weighted by atomic mass is 16.5. The van der Waals surface area contributed by atoms with Crippen LogP contribution in [0, 0.1) is 5.92 Å². The van der Waals surface area contributed by atoms with E-state index in [2.05, 4.69) is 44.7 Å². The maximum absolute atomic E-state index is 6.06. The fourth-order valence-electron chi connectivity index (χ4n) is 4.04. The molecule has 0 atom stereocenters. The zero-order valence-electron chi connectivity index (χ0n) is 15.5. The number of fused-ring (bicyclic) bond motifs is 2. The van der Waals surface area contributed by atoms with E-state index < -0.39 is 0 Å². The Balaban J connectivity index is 1.37. The van der Waals surface area contributed by atoms with Gasteiger partial charge >= 0.3 is 0 Å². The number of pyridine rings is 1. The van der Waals surface area contributed by atoms with Gasteiger partial charge in [0.05, 0.1) is 24.1 Å². The van der Waals surface area contributed by atoms with Crippen molar-refractivity contribution in [1.82, 2.24) is 14.8 Å². The lowest BCUT2D eigenvalue weighted by molar-refractivity contribution is 0.244. The summed E-state index contributed by atoms with van der Waals surface area (Å²) in [4.78, 5) is 9.03. The lowest BCUT2D eigenvalue weighted by Crippen LogP contribution is -2.13. The Morgan fingerprint density at radius 2 is 2.11 bits per heavy atom. The van der Waals surface area contributed by atoms with Crippen molar-refractivity contribution >= 4 is 22.4 Å². The molecule has 1 N–H and O–H groups in total. The van der Waals surface area contributed by atoms with Crippen LogP contribution in [0.3, 0.4) is 0 Å². The Bertz CT molecular complexity index is 1020. The molecular formula is C21H23N5O. The second-order valence-corrected chi connectivity index (χ2v) is 7.42. The molecule has 0 amide bonds. The summed E-state index contributed by atoms with van der Waals surface area (Å²) in [5.41, 5.74) is 4.11. The Kier molecular flexibility index (Phi) is 4.03. The van der Waals surface area contributed by atoms with Crippen molar-refractivity contribution in [3.05, 3.63) is 47.8 Å². The van der Waals surface area contributed by atoms with E-state index in [1.807, 2.05) is 17.8 Å². The Hall–Kier alpha value is -2.89. The molecule has 27 heavy (non-hydrogen) atoms. The van der Waals surface area contributed by atoms with Crippen molar-refractivity contribution < 1.29 is 4.74 Å². The topological polar surface area (TPSA) is 64.3 Å². The van der Waals surface area contributed by atoms with Crippen LogP contribution in [0.25, 0.3) is 10.9 Å². The molecule has 2 aromatic heterocycles.